The zero-order valence-corrected chi connectivity index (χ0v) is 10.6. The lowest BCUT2D eigenvalue weighted by Gasteiger charge is -2.37. The smallest absolute Gasteiger partial charge is 0.267 e. The van der Waals surface area contributed by atoms with Gasteiger partial charge in [-0.25, -0.2) is 13.2 Å². The fourth-order valence-electron chi connectivity index (χ4n) is 1.85. The number of alkyl halides is 2. The Morgan fingerprint density at radius 2 is 2.17 bits per heavy atom. The molecule has 1 aliphatic rings. The molecule has 18 heavy (non-hydrogen) atoms. The van der Waals surface area contributed by atoms with Crippen molar-refractivity contribution in [3.63, 3.8) is 0 Å². The number of rotatable bonds is 2. The van der Waals surface area contributed by atoms with E-state index in [4.69, 9.17) is 4.74 Å². The molecule has 1 amide bonds. The number of nitrogens with one attached hydrogen (secondary N) is 1. The van der Waals surface area contributed by atoms with Crippen LogP contribution in [0.1, 0.15) is 5.56 Å². The maximum Gasteiger partial charge on any atom is 0.267 e. The van der Waals surface area contributed by atoms with Crippen LogP contribution in [0.4, 0.5) is 13.2 Å². The highest BCUT2D eigenvalue weighted by Crippen LogP contribution is 2.34. The summed E-state index contributed by atoms with van der Waals surface area (Å²) < 4.78 is 45.5. The maximum atomic E-state index is 13.7. The van der Waals surface area contributed by atoms with Gasteiger partial charge in [0, 0.05) is 10.0 Å². The normalized spacial score (nSPS) is 24.2. The van der Waals surface area contributed by atoms with Gasteiger partial charge in [-0.1, -0.05) is 15.9 Å². The van der Waals surface area contributed by atoms with Gasteiger partial charge in [-0.15, -0.1) is 0 Å². The molecule has 0 spiro atoms. The number of morpholine rings is 1. The number of benzene rings is 1. The lowest BCUT2D eigenvalue weighted by atomic mass is 9.89. The second kappa shape index (κ2) is 4.89. The third-order valence-corrected chi connectivity index (χ3v) is 3.20. The molecule has 7 heteroatoms. The Bertz CT molecular complexity index is 483. The SMILES string of the molecule is O=C1COCC(c2cc(Br)ccc2F)(C(F)F)N1. The second-order valence-electron chi connectivity index (χ2n) is 3.94. The molecule has 0 aliphatic carbocycles. The molecule has 0 radical (unpaired) electrons. The molecule has 1 unspecified atom stereocenters. The molecular weight excluding hydrogens is 315 g/mol. The topological polar surface area (TPSA) is 38.3 Å². The van der Waals surface area contributed by atoms with Crippen LogP contribution >= 0.6 is 15.9 Å². The second-order valence-corrected chi connectivity index (χ2v) is 4.85. The highest BCUT2D eigenvalue weighted by atomic mass is 79.9. The largest absolute Gasteiger partial charge is 0.369 e. The van der Waals surface area contributed by atoms with Gasteiger partial charge in [0.2, 0.25) is 5.91 Å². The summed E-state index contributed by atoms with van der Waals surface area (Å²) in [5.74, 6) is -1.51. The van der Waals surface area contributed by atoms with E-state index >= 15 is 0 Å². The van der Waals surface area contributed by atoms with Crippen molar-refractivity contribution in [2.75, 3.05) is 13.2 Å². The molecule has 3 nitrogen and oxygen atoms in total. The van der Waals surface area contributed by atoms with E-state index in [1.54, 1.807) is 0 Å². The molecule has 1 saturated heterocycles. The molecule has 1 aromatic rings. The minimum Gasteiger partial charge on any atom is -0.369 e. The van der Waals surface area contributed by atoms with Gasteiger partial charge < -0.3 is 10.1 Å². The van der Waals surface area contributed by atoms with Crippen molar-refractivity contribution in [3.8, 4) is 0 Å². The molecule has 0 bridgehead atoms. The van der Waals surface area contributed by atoms with Crippen molar-refractivity contribution >= 4 is 21.8 Å². The van der Waals surface area contributed by atoms with Gasteiger partial charge in [0.15, 0.2) is 5.54 Å². The Balaban J connectivity index is 2.53. The first-order chi connectivity index (χ1) is 8.45. The Morgan fingerprint density at radius 3 is 2.78 bits per heavy atom. The molecule has 0 saturated carbocycles. The van der Waals surface area contributed by atoms with Crippen LogP contribution in [0.25, 0.3) is 0 Å². The van der Waals surface area contributed by atoms with Gasteiger partial charge >= 0.3 is 0 Å². The van der Waals surface area contributed by atoms with Gasteiger partial charge in [-0.3, -0.25) is 4.79 Å². The van der Waals surface area contributed by atoms with Gasteiger partial charge in [0.25, 0.3) is 6.43 Å². The highest BCUT2D eigenvalue weighted by Gasteiger charge is 2.47. The van der Waals surface area contributed by atoms with E-state index < -0.39 is 30.3 Å². The summed E-state index contributed by atoms with van der Waals surface area (Å²) in [7, 11) is 0. The van der Waals surface area contributed by atoms with E-state index in [1.165, 1.54) is 12.1 Å². The summed E-state index contributed by atoms with van der Waals surface area (Å²) in [6.07, 6.45) is -2.98. The van der Waals surface area contributed by atoms with Crippen LogP contribution in [0.3, 0.4) is 0 Å². The van der Waals surface area contributed by atoms with Gasteiger partial charge in [0.1, 0.15) is 12.4 Å². The average Bonchev–Trinajstić information content (AvgIpc) is 2.32. The van der Waals surface area contributed by atoms with Crippen molar-refractivity contribution in [2.24, 2.45) is 0 Å². The van der Waals surface area contributed by atoms with E-state index in [1.807, 2.05) is 0 Å². The predicted molar refractivity (Wildman–Crippen MR) is 60.7 cm³/mol. The Labute approximate surface area is 109 Å². The van der Waals surface area contributed by atoms with Crippen LogP contribution in [0.2, 0.25) is 0 Å². The van der Waals surface area contributed by atoms with Gasteiger partial charge in [-0.2, -0.15) is 0 Å². The van der Waals surface area contributed by atoms with Gasteiger partial charge in [-0.05, 0) is 18.2 Å². The fourth-order valence-corrected chi connectivity index (χ4v) is 2.21. The summed E-state index contributed by atoms with van der Waals surface area (Å²) in [4.78, 5) is 11.2. The summed E-state index contributed by atoms with van der Waals surface area (Å²) >= 11 is 3.09. The lowest BCUT2D eigenvalue weighted by Crippen LogP contribution is -2.59. The van der Waals surface area contributed by atoms with Gasteiger partial charge in [0.05, 0.1) is 6.61 Å². The van der Waals surface area contributed by atoms with Crippen molar-refractivity contribution in [2.45, 2.75) is 12.0 Å². The number of hydrogen-bond donors (Lipinski definition) is 1. The summed E-state index contributed by atoms with van der Waals surface area (Å²) in [5.41, 5.74) is -2.43. The molecule has 98 valence electrons. The first-order valence-corrected chi connectivity index (χ1v) is 5.87. The minimum atomic E-state index is -2.98. The van der Waals surface area contributed by atoms with Crippen molar-refractivity contribution < 1.29 is 22.7 Å². The number of hydrogen-bond acceptors (Lipinski definition) is 2. The average molecular weight is 324 g/mol. The summed E-state index contributed by atoms with van der Waals surface area (Å²) in [6, 6.07) is 3.67. The third kappa shape index (κ3) is 2.24. The lowest BCUT2D eigenvalue weighted by molar-refractivity contribution is -0.144. The minimum absolute atomic E-state index is 0.292. The number of halogens is 4. The number of carbonyl (C=O) groups excluding carboxylic acids is 1. The molecule has 1 heterocycles. The van der Waals surface area contributed by atoms with Crippen LogP contribution in [-0.2, 0) is 15.1 Å². The molecule has 0 aromatic heterocycles. The first kappa shape index (κ1) is 13.4. The van der Waals surface area contributed by atoms with E-state index in [2.05, 4.69) is 21.2 Å². The third-order valence-electron chi connectivity index (χ3n) is 2.71. The number of amides is 1. The summed E-state index contributed by atoms with van der Waals surface area (Å²) in [6.45, 7) is -0.770. The molecule has 1 aromatic carbocycles. The van der Waals surface area contributed by atoms with Crippen LogP contribution in [-0.4, -0.2) is 25.5 Å². The molecular formula is C11H9BrF3NO2. The van der Waals surface area contributed by atoms with Crippen LogP contribution in [0.15, 0.2) is 22.7 Å². The van der Waals surface area contributed by atoms with E-state index in [9.17, 15) is 18.0 Å². The Morgan fingerprint density at radius 1 is 1.44 bits per heavy atom. The monoisotopic (exact) mass is 323 g/mol. The van der Waals surface area contributed by atoms with Crippen LogP contribution in [0, 0.1) is 5.82 Å². The van der Waals surface area contributed by atoms with Crippen molar-refractivity contribution in [1.29, 1.82) is 0 Å². The number of ether oxygens (including phenoxy) is 1. The highest BCUT2D eigenvalue weighted by molar-refractivity contribution is 9.10. The summed E-state index contributed by atoms with van der Waals surface area (Å²) in [5, 5.41) is 2.14. The fraction of sp³-hybridized carbons (Fsp3) is 0.364. The Kier molecular flexibility index (Phi) is 3.63. The van der Waals surface area contributed by atoms with Crippen molar-refractivity contribution in [3.05, 3.63) is 34.1 Å². The first-order valence-electron chi connectivity index (χ1n) is 5.08. The molecule has 1 aliphatic heterocycles. The zero-order valence-electron chi connectivity index (χ0n) is 9.05. The molecule has 1 atom stereocenters. The molecule has 1 N–H and O–H groups in total. The van der Waals surface area contributed by atoms with Crippen LogP contribution in [0.5, 0.6) is 0 Å². The van der Waals surface area contributed by atoms with E-state index in [-0.39, 0.29) is 12.2 Å². The molecule has 2 rings (SSSR count). The maximum absolute atomic E-state index is 13.7. The van der Waals surface area contributed by atoms with Crippen molar-refractivity contribution in [1.82, 2.24) is 5.32 Å². The predicted octanol–water partition coefficient (Wildman–Crippen LogP) is 2.19. The number of carbonyl (C=O) groups is 1. The Hall–Kier alpha value is -1.08. The van der Waals surface area contributed by atoms with Crippen LogP contribution < -0.4 is 5.32 Å². The molecule has 1 fully saturated rings. The van der Waals surface area contributed by atoms with E-state index in [0.717, 1.165) is 6.07 Å². The zero-order chi connectivity index (χ0) is 13.3. The standard InChI is InChI=1S/C11H9BrF3NO2/c12-6-1-2-8(13)7(3-6)11(10(14)15)5-18-4-9(17)16-11/h1-3,10H,4-5H2,(H,16,17). The van der Waals surface area contributed by atoms with E-state index in [0.29, 0.717) is 4.47 Å². The quantitative estimate of drug-likeness (QED) is 0.906.